The molecule has 1 fully saturated rings. The standard InChI is InChI=1S/C14H22O4S/c1-4-10-18-14(15)13(11(2)3)19(16,17)12-8-6-5-7-9-12/h1,11-13H,5-10H2,2-3H3. The van der Waals surface area contributed by atoms with E-state index in [-0.39, 0.29) is 12.5 Å². The van der Waals surface area contributed by atoms with E-state index in [1.807, 2.05) is 0 Å². The Bertz CT molecular complexity index is 439. The fraction of sp³-hybridized carbons (Fsp3) is 0.786. The van der Waals surface area contributed by atoms with E-state index in [0.717, 1.165) is 19.3 Å². The van der Waals surface area contributed by atoms with Crippen molar-refractivity contribution in [1.29, 1.82) is 0 Å². The maximum Gasteiger partial charge on any atom is 0.325 e. The first-order valence-corrected chi connectivity index (χ1v) is 8.35. The highest BCUT2D eigenvalue weighted by Gasteiger charge is 2.42. The maximum atomic E-state index is 12.6. The number of esters is 1. The molecule has 1 aliphatic carbocycles. The van der Waals surface area contributed by atoms with E-state index in [1.54, 1.807) is 13.8 Å². The van der Waals surface area contributed by atoms with Gasteiger partial charge in [0.05, 0.1) is 5.25 Å². The van der Waals surface area contributed by atoms with E-state index in [1.165, 1.54) is 0 Å². The van der Waals surface area contributed by atoms with Gasteiger partial charge in [-0.15, -0.1) is 6.42 Å². The third-order valence-electron chi connectivity index (χ3n) is 3.51. The average Bonchev–Trinajstić information content (AvgIpc) is 2.36. The van der Waals surface area contributed by atoms with Gasteiger partial charge >= 0.3 is 5.97 Å². The molecule has 0 bridgehead atoms. The van der Waals surface area contributed by atoms with Crippen LogP contribution in [0.3, 0.4) is 0 Å². The molecular formula is C14H22O4S. The summed E-state index contributed by atoms with van der Waals surface area (Å²) >= 11 is 0. The van der Waals surface area contributed by atoms with Crippen LogP contribution in [-0.4, -0.2) is 31.5 Å². The Morgan fingerprint density at radius 2 is 1.89 bits per heavy atom. The van der Waals surface area contributed by atoms with Crippen molar-refractivity contribution in [2.45, 2.75) is 56.5 Å². The molecule has 0 spiro atoms. The molecule has 0 aromatic rings. The smallest absolute Gasteiger partial charge is 0.325 e. The number of hydrogen-bond donors (Lipinski definition) is 0. The van der Waals surface area contributed by atoms with Gasteiger partial charge in [-0.25, -0.2) is 8.42 Å². The Morgan fingerprint density at radius 3 is 2.37 bits per heavy atom. The van der Waals surface area contributed by atoms with Gasteiger partial charge in [0.1, 0.15) is 0 Å². The molecule has 0 radical (unpaired) electrons. The van der Waals surface area contributed by atoms with E-state index in [2.05, 4.69) is 5.92 Å². The fourth-order valence-electron chi connectivity index (χ4n) is 2.58. The van der Waals surface area contributed by atoms with Crippen molar-refractivity contribution in [2.24, 2.45) is 5.92 Å². The van der Waals surface area contributed by atoms with Crippen LogP contribution in [0.1, 0.15) is 46.0 Å². The van der Waals surface area contributed by atoms with Gasteiger partial charge in [-0.3, -0.25) is 4.79 Å². The second-order valence-electron chi connectivity index (χ2n) is 5.33. The number of ether oxygens (including phenoxy) is 1. The zero-order chi connectivity index (χ0) is 14.5. The summed E-state index contributed by atoms with van der Waals surface area (Å²) in [5, 5.41) is -1.50. The van der Waals surface area contributed by atoms with E-state index < -0.39 is 26.3 Å². The Morgan fingerprint density at radius 1 is 1.32 bits per heavy atom. The zero-order valence-corrected chi connectivity index (χ0v) is 12.4. The summed E-state index contributed by atoms with van der Waals surface area (Å²) in [6.45, 7) is 3.27. The maximum absolute atomic E-state index is 12.6. The van der Waals surface area contributed by atoms with Crippen molar-refractivity contribution in [1.82, 2.24) is 0 Å². The molecule has 0 saturated heterocycles. The summed E-state index contributed by atoms with van der Waals surface area (Å²) in [6, 6.07) is 0. The molecule has 1 unspecified atom stereocenters. The third kappa shape index (κ3) is 3.97. The average molecular weight is 286 g/mol. The molecule has 1 saturated carbocycles. The molecule has 0 amide bonds. The second kappa shape index (κ2) is 6.95. The Hall–Kier alpha value is -1.02. The van der Waals surface area contributed by atoms with Crippen molar-refractivity contribution in [3.05, 3.63) is 0 Å². The second-order valence-corrected chi connectivity index (χ2v) is 7.68. The summed E-state index contributed by atoms with van der Waals surface area (Å²) in [6.07, 6.45) is 9.21. The first-order chi connectivity index (χ1) is 8.91. The molecule has 1 atom stereocenters. The number of terminal acetylenes is 1. The van der Waals surface area contributed by atoms with Crippen LogP contribution in [0.25, 0.3) is 0 Å². The molecule has 0 aromatic heterocycles. The summed E-state index contributed by atoms with van der Waals surface area (Å²) in [4.78, 5) is 11.9. The zero-order valence-electron chi connectivity index (χ0n) is 11.6. The van der Waals surface area contributed by atoms with Gasteiger partial charge in [0, 0.05) is 0 Å². The normalized spacial score (nSPS) is 18.8. The highest BCUT2D eigenvalue weighted by atomic mass is 32.2. The first-order valence-electron chi connectivity index (χ1n) is 6.74. The van der Waals surface area contributed by atoms with E-state index in [0.29, 0.717) is 12.8 Å². The van der Waals surface area contributed by atoms with Crippen molar-refractivity contribution in [3.8, 4) is 12.3 Å². The molecule has 0 aliphatic heterocycles. The van der Waals surface area contributed by atoms with Gasteiger partial charge < -0.3 is 4.74 Å². The third-order valence-corrected chi connectivity index (χ3v) is 6.35. The van der Waals surface area contributed by atoms with E-state index in [4.69, 9.17) is 11.2 Å². The van der Waals surface area contributed by atoms with Crippen molar-refractivity contribution in [3.63, 3.8) is 0 Å². The lowest BCUT2D eigenvalue weighted by Crippen LogP contribution is -2.42. The van der Waals surface area contributed by atoms with Crippen LogP contribution in [0, 0.1) is 18.3 Å². The monoisotopic (exact) mass is 286 g/mol. The van der Waals surface area contributed by atoms with Crippen LogP contribution in [0.15, 0.2) is 0 Å². The molecule has 0 N–H and O–H groups in total. The Labute approximate surface area is 115 Å². The van der Waals surface area contributed by atoms with Gasteiger partial charge in [-0.1, -0.05) is 39.0 Å². The van der Waals surface area contributed by atoms with Gasteiger partial charge in [0.15, 0.2) is 21.7 Å². The number of sulfone groups is 1. The van der Waals surface area contributed by atoms with E-state index in [9.17, 15) is 13.2 Å². The lowest BCUT2D eigenvalue weighted by Gasteiger charge is -2.27. The van der Waals surface area contributed by atoms with Crippen LogP contribution in [0.4, 0.5) is 0 Å². The van der Waals surface area contributed by atoms with Crippen LogP contribution in [0.2, 0.25) is 0 Å². The van der Waals surface area contributed by atoms with E-state index >= 15 is 0 Å². The van der Waals surface area contributed by atoms with Crippen molar-refractivity contribution >= 4 is 15.8 Å². The van der Waals surface area contributed by atoms with Crippen molar-refractivity contribution in [2.75, 3.05) is 6.61 Å². The lowest BCUT2D eigenvalue weighted by molar-refractivity contribution is -0.142. The van der Waals surface area contributed by atoms with Crippen LogP contribution < -0.4 is 0 Å². The predicted molar refractivity (Wildman–Crippen MR) is 74.2 cm³/mol. The fourth-order valence-corrected chi connectivity index (χ4v) is 5.08. The predicted octanol–water partition coefficient (Wildman–Crippen LogP) is 1.93. The summed E-state index contributed by atoms with van der Waals surface area (Å²) in [7, 11) is -3.50. The first kappa shape index (κ1) is 16.0. The lowest BCUT2D eigenvalue weighted by atomic mass is 10.0. The number of carbonyl (C=O) groups excluding carboxylic acids is 1. The van der Waals surface area contributed by atoms with Crippen LogP contribution in [0.5, 0.6) is 0 Å². The van der Waals surface area contributed by atoms with Gasteiger partial charge in [-0.2, -0.15) is 0 Å². The van der Waals surface area contributed by atoms with Crippen molar-refractivity contribution < 1.29 is 17.9 Å². The SMILES string of the molecule is C#CCOC(=O)C(C(C)C)S(=O)(=O)C1CCCCC1. The summed E-state index contributed by atoms with van der Waals surface area (Å²) in [5.74, 6) is 1.17. The highest BCUT2D eigenvalue weighted by Crippen LogP contribution is 2.29. The van der Waals surface area contributed by atoms with Gasteiger partial charge in [0.2, 0.25) is 0 Å². The minimum absolute atomic E-state index is 0.178. The minimum atomic E-state index is -3.50. The Balaban J connectivity index is 2.91. The molecule has 0 heterocycles. The van der Waals surface area contributed by atoms with Gasteiger partial charge in [0.25, 0.3) is 0 Å². The quantitative estimate of drug-likeness (QED) is 0.572. The molecule has 108 valence electrons. The number of hydrogen-bond acceptors (Lipinski definition) is 4. The molecular weight excluding hydrogens is 264 g/mol. The summed E-state index contributed by atoms with van der Waals surface area (Å²) < 4.78 is 30.0. The molecule has 5 heteroatoms. The largest absolute Gasteiger partial charge is 0.452 e. The molecule has 1 rings (SSSR count). The minimum Gasteiger partial charge on any atom is -0.452 e. The molecule has 4 nitrogen and oxygen atoms in total. The van der Waals surface area contributed by atoms with Gasteiger partial charge in [-0.05, 0) is 18.8 Å². The molecule has 1 aliphatic rings. The summed E-state index contributed by atoms with van der Waals surface area (Å²) in [5.41, 5.74) is 0. The van der Waals surface area contributed by atoms with Crippen LogP contribution >= 0.6 is 0 Å². The number of carbonyl (C=O) groups is 1. The molecule has 0 aromatic carbocycles. The molecule has 19 heavy (non-hydrogen) atoms. The number of rotatable bonds is 5. The topological polar surface area (TPSA) is 60.4 Å². The highest BCUT2D eigenvalue weighted by molar-refractivity contribution is 7.93. The Kier molecular flexibility index (Phi) is 5.86. The van der Waals surface area contributed by atoms with Crippen LogP contribution in [-0.2, 0) is 19.4 Å².